The van der Waals surface area contributed by atoms with Crippen molar-refractivity contribution in [1.82, 2.24) is 0 Å². The van der Waals surface area contributed by atoms with Crippen LogP contribution in [0, 0.1) is 0 Å². The maximum absolute atomic E-state index is 10.4. The van der Waals surface area contributed by atoms with Crippen molar-refractivity contribution in [3.05, 3.63) is 34.3 Å². The van der Waals surface area contributed by atoms with Crippen molar-refractivity contribution in [2.45, 2.75) is 6.42 Å². The molecule has 0 spiro atoms. The molecule has 0 amide bonds. The van der Waals surface area contributed by atoms with Gasteiger partial charge in [0.15, 0.2) is 0 Å². The molecule has 0 aliphatic heterocycles. The predicted molar refractivity (Wildman–Crippen MR) is 55.4 cm³/mol. The minimum atomic E-state index is -3.84. The SMILES string of the molecule is O=S(=O)(O)CCc1ccc(Br)cc1.[H-].[Na+]. The molecule has 0 aliphatic carbocycles. The molecule has 0 fully saturated rings. The minimum Gasteiger partial charge on any atom is -1.00 e. The summed E-state index contributed by atoms with van der Waals surface area (Å²) in [5.74, 6) is -0.228. The van der Waals surface area contributed by atoms with Gasteiger partial charge < -0.3 is 1.43 Å². The van der Waals surface area contributed by atoms with Crippen molar-refractivity contribution in [3.8, 4) is 0 Å². The number of rotatable bonds is 3. The van der Waals surface area contributed by atoms with Crippen LogP contribution >= 0.6 is 15.9 Å². The Kier molecular flexibility index (Phi) is 6.52. The van der Waals surface area contributed by atoms with E-state index >= 15 is 0 Å². The molecular weight excluding hydrogens is 279 g/mol. The van der Waals surface area contributed by atoms with Gasteiger partial charge in [-0.2, -0.15) is 8.42 Å². The molecule has 6 heteroatoms. The summed E-state index contributed by atoms with van der Waals surface area (Å²) >= 11 is 3.27. The van der Waals surface area contributed by atoms with Crippen LogP contribution in [0.4, 0.5) is 0 Å². The quantitative estimate of drug-likeness (QED) is 0.573. The third-order valence-electron chi connectivity index (χ3n) is 1.56. The van der Waals surface area contributed by atoms with E-state index in [1.165, 1.54) is 0 Å². The first-order valence-electron chi connectivity index (χ1n) is 3.67. The summed E-state index contributed by atoms with van der Waals surface area (Å²) < 4.78 is 30.3. The third-order valence-corrected chi connectivity index (χ3v) is 2.81. The van der Waals surface area contributed by atoms with Gasteiger partial charge in [0.2, 0.25) is 0 Å². The Morgan fingerprint density at radius 1 is 1.29 bits per heavy atom. The van der Waals surface area contributed by atoms with Crippen molar-refractivity contribution in [2.24, 2.45) is 0 Å². The molecule has 0 unspecified atom stereocenters. The number of hydrogen-bond acceptors (Lipinski definition) is 2. The van der Waals surface area contributed by atoms with E-state index in [2.05, 4.69) is 15.9 Å². The summed E-state index contributed by atoms with van der Waals surface area (Å²) in [7, 11) is -3.84. The van der Waals surface area contributed by atoms with Crippen LogP contribution in [0.25, 0.3) is 0 Å². The average Bonchev–Trinajstić information content (AvgIpc) is 2.02. The van der Waals surface area contributed by atoms with E-state index < -0.39 is 10.1 Å². The van der Waals surface area contributed by atoms with Gasteiger partial charge in [0.25, 0.3) is 10.1 Å². The van der Waals surface area contributed by atoms with Gasteiger partial charge in [-0.05, 0) is 24.1 Å². The molecule has 1 rings (SSSR count). The van der Waals surface area contributed by atoms with Gasteiger partial charge in [0.05, 0.1) is 5.75 Å². The standard InChI is InChI=1S/C8H9BrO3S.Na.H/c9-8-3-1-7(2-4-8)5-6-13(10,11)12;;/h1-4H,5-6H2,(H,10,11,12);;/q;+1;-1. The molecule has 0 saturated carbocycles. The first kappa shape index (κ1) is 14.6. The van der Waals surface area contributed by atoms with E-state index in [1.54, 1.807) is 0 Å². The number of benzene rings is 1. The zero-order chi connectivity index (χ0) is 9.90. The summed E-state index contributed by atoms with van der Waals surface area (Å²) in [5, 5.41) is 0. The Labute approximate surface area is 116 Å². The topological polar surface area (TPSA) is 54.4 Å². The van der Waals surface area contributed by atoms with Crippen LogP contribution in [0.15, 0.2) is 28.7 Å². The van der Waals surface area contributed by atoms with E-state index in [9.17, 15) is 8.42 Å². The molecule has 0 saturated heterocycles. The Balaban J connectivity index is 0. The van der Waals surface area contributed by atoms with Crippen LogP contribution in [0.5, 0.6) is 0 Å². The second-order valence-electron chi connectivity index (χ2n) is 2.66. The van der Waals surface area contributed by atoms with Gasteiger partial charge >= 0.3 is 29.6 Å². The monoisotopic (exact) mass is 288 g/mol. The van der Waals surface area contributed by atoms with Gasteiger partial charge in [0, 0.05) is 4.47 Å². The average molecular weight is 289 g/mol. The van der Waals surface area contributed by atoms with Gasteiger partial charge in [-0.3, -0.25) is 4.55 Å². The molecule has 0 bridgehead atoms. The maximum atomic E-state index is 10.4. The van der Waals surface area contributed by atoms with Crippen LogP contribution in [0.2, 0.25) is 0 Å². The Hall–Kier alpha value is 0.610. The summed E-state index contributed by atoms with van der Waals surface area (Å²) in [6.07, 6.45) is 0.339. The first-order chi connectivity index (χ1) is 5.97. The fraction of sp³-hybridized carbons (Fsp3) is 0.250. The third kappa shape index (κ3) is 6.16. The van der Waals surface area contributed by atoms with Crippen LogP contribution in [-0.2, 0) is 16.5 Å². The van der Waals surface area contributed by atoms with Crippen LogP contribution in [0.3, 0.4) is 0 Å². The van der Waals surface area contributed by atoms with E-state index in [0.717, 1.165) is 10.0 Å². The minimum absolute atomic E-state index is 0. The second kappa shape index (κ2) is 6.25. The summed E-state index contributed by atoms with van der Waals surface area (Å²) in [6.45, 7) is 0. The van der Waals surface area contributed by atoms with Gasteiger partial charge in [-0.1, -0.05) is 28.1 Å². The molecule has 74 valence electrons. The van der Waals surface area contributed by atoms with Crippen molar-refractivity contribution in [1.29, 1.82) is 0 Å². The summed E-state index contributed by atoms with van der Waals surface area (Å²) in [6, 6.07) is 7.29. The largest absolute Gasteiger partial charge is 1.00 e. The smallest absolute Gasteiger partial charge is 1.00 e. The molecule has 3 nitrogen and oxygen atoms in total. The Morgan fingerprint density at radius 2 is 1.79 bits per heavy atom. The molecule has 0 atom stereocenters. The molecule has 1 aromatic rings. The van der Waals surface area contributed by atoms with Crippen molar-refractivity contribution < 1.29 is 44.0 Å². The zero-order valence-electron chi connectivity index (χ0n) is 8.77. The fourth-order valence-corrected chi connectivity index (χ4v) is 1.66. The van der Waals surface area contributed by atoms with Crippen LogP contribution in [-0.4, -0.2) is 18.7 Å². The van der Waals surface area contributed by atoms with Crippen LogP contribution in [0.1, 0.15) is 6.99 Å². The predicted octanol–water partition coefficient (Wildman–Crippen LogP) is -1.00. The zero-order valence-corrected chi connectivity index (χ0v) is 12.2. The van der Waals surface area contributed by atoms with Crippen molar-refractivity contribution >= 4 is 26.0 Å². The van der Waals surface area contributed by atoms with Crippen LogP contribution < -0.4 is 29.6 Å². The van der Waals surface area contributed by atoms with E-state index in [-0.39, 0.29) is 36.7 Å². The maximum Gasteiger partial charge on any atom is 1.00 e. The summed E-state index contributed by atoms with van der Waals surface area (Å²) in [4.78, 5) is 0. The second-order valence-corrected chi connectivity index (χ2v) is 5.15. The van der Waals surface area contributed by atoms with E-state index in [0.29, 0.717) is 6.42 Å². The van der Waals surface area contributed by atoms with Gasteiger partial charge in [-0.15, -0.1) is 0 Å². The Bertz CT molecular complexity index is 379. The fourth-order valence-electron chi connectivity index (χ4n) is 0.898. The summed E-state index contributed by atoms with van der Waals surface area (Å²) in [5.41, 5.74) is 0.890. The molecular formula is C8H10BrNaO3S. The molecule has 1 aromatic carbocycles. The molecule has 1 N–H and O–H groups in total. The number of aryl methyl sites for hydroxylation is 1. The molecule has 0 aromatic heterocycles. The van der Waals surface area contributed by atoms with Gasteiger partial charge in [0.1, 0.15) is 0 Å². The van der Waals surface area contributed by atoms with E-state index in [4.69, 9.17) is 4.55 Å². The van der Waals surface area contributed by atoms with Crippen molar-refractivity contribution in [2.75, 3.05) is 5.75 Å². The first-order valence-corrected chi connectivity index (χ1v) is 6.07. The normalized spacial score (nSPS) is 10.7. The Morgan fingerprint density at radius 3 is 2.21 bits per heavy atom. The number of hydrogen-bond donors (Lipinski definition) is 1. The van der Waals surface area contributed by atoms with Crippen molar-refractivity contribution in [3.63, 3.8) is 0 Å². The molecule has 0 heterocycles. The molecule has 0 radical (unpaired) electrons. The molecule has 0 aliphatic rings. The number of halogens is 1. The van der Waals surface area contributed by atoms with E-state index in [1.807, 2.05) is 24.3 Å². The van der Waals surface area contributed by atoms with Gasteiger partial charge in [-0.25, -0.2) is 0 Å². The molecule has 14 heavy (non-hydrogen) atoms.